The van der Waals surface area contributed by atoms with Crippen molar-refractivity contribution in [1.82, 2.24) is 9.97 Å². The Morgan fingerprint density at radius 1 is 1.35 bits per heavy atom. The number of nitrogens with zero attached hydrogens (tertiary/aromatic N) is 1. The number of H-pyrrole nitrogens is 1. The highest BCUT2D eigenvalue weighted by molar-refractivity contribution is 7.71. The van der Waals surface area contributed by atoms with Crippen LogP contribution in [0, 0.1) is 10.6 Å². The Morgan fingerprint density at radius 3 is 2.90 bits per heavy atom. The summed E-state index contributed by atoms with van der Waals surface area (Å²) in [7, 11) is 1.78. The summed E-state index contributed by atoms with van der Waals surface area (Å²) in [5.41, 5.74) is 2.23. The first-order valence-electron chi connectivity index (χ1n) is 7.52. The van der Waals surface area contributed by atoms with Gasteiger partial charge in [-0.15, -0.1) is 0 Å². The number of rotatable bonds is 3. The van der Waals surface area contributed by atoms with Crippen molar-refractivity contribution in [1.29, 1.82) is 0 Å². The van der Waals surface area contributed by atoms with Crippen LogP contribution in [0.3, 0.4) is 0 Å². The van der Waals surface area contributed by atoms with Gasteiger partial charge in [-0.25, -0.2) is 4.98 Å². The first kappa shape index (κ1) is 14.2. The molecule has 110 valence electrons. The number of hydrogen-bond acceptors (Lipinski definition) is 4. The molecule has 2 heterocycles. The smallest absolute Gasteiger partial charge is 0.137 e. The molecule has 1 saturated carbocycles. The normalized spacial score (nSPS) is 21.4. The van der Waals surface area contributed by atoms with Gasteiger partial charge in [0.2, 0.25) is 0 Å². The van der Waals surface area contributed by atoms with Gasteiger partial charge in [0.05, 0.1) is 13.2 Å². The largest absolute Gasteiger partial charge is 0.376 e. The van der Waals surface area contributed by atoms with Crippen molar-refractivity contribution >= 4 is 12.2 Å². The second kappa shape index (κ2) is 6.33. The summed E-state index contributed by atoms with van der Waals surface area (Å²) in [4.78, 5) is 8.06. The van der Waals surface area contributed by atoms with Crippen molar-refractivity contribution in [3.8, 4) is 0 Å². The van der Waals surface area contributed by atoms with Gasteiger partial charge in [-0.05, 0) is 18.8 Å². The van der Waals surface area contributed by atoms with E-state index in [9.17, 15) is 0 Å². The summed E-state index contributed by atoms with van der Waals surface area (Å²) < 4.78 is 11.9. The average molecular weight is 294 g/mol. The van der Waals surface area contributed by atoms with E-state index in [2.05, 4.69) is 9.97 Å². The Labute approximate surface area is 124 Å². The van der Waals surface area contributed by atoms with Crippen LogP contribution in [-0.2, 0) is 22.5 Å². The predicted molar refractivity (Wildman–Crippen MR) is 79.1 cm³/mol. The van der Waals surface area contributed by atoms with Crippen molar-refractivity contribution in [3.63, 3.8) is 0 Å². The molecule has 4 nitrogen and oxygen atoms in total. The van der Waals surface area contributed by atoms with Crippen LogP contribution >= 0.6 is 12.2 Å². The number of nitrogens with one attached hydrogen (secondary N) is 1. The molecule has 2 aliphatic rings. The van der Waals surface area contributed by atoms with Gasteiger partial charge in [-0.1, -0.05) is 31.5 Å². The van der Waals surface area contributed by atoms with Crippen molar-refractivity contribution in [2.75, 3.05) is 13.7 Å². The maximum atomic E-state index is 5.75. The van der Waals surface area contributed by atoms with E-state index in [0.29, 0.717) is 17.2 Å². The molecule has 0 spiro atoms. The SMILES string of the molecule is COC(c1nc(=S)c2c([nH]1)CCOC2)C1CCCCC1. The summed E-state index contributed by atoms with van der Waals surface area (Å²) >= 11 is 5.43. The third-order valence-electron chi connectivity index (χ3n) is 4.47. The number of fused-ring (bicyclic) bond motifs is 1. The molecule has 1 aliphatic carbocycles. The van der Waals surface area contributed by atoms with E-state index in [1.54, 1.807) is 7.11 Å². The summed E-state index contributed by atoms with van der Waals surface area (Å²) in [5, 5.41) is 0. The minimum Gasteiger partial charge on any atom is -0.376 e. The second-order valence-electron chi connectivity index (χ2n) is 5.74. The molecule has 3 rings (SSSR count). The molecule has 5 heteroatoms. The van der Waals surface area contributed by atoms with Gasteiger partial charge in [0, 0.05) is 24.8 Å². The Kier molecular flexibility index (Phi) is 4.48. The molecule has 20 heavy (non-hydrogen) atoms. The van der Waals surface area contributed by atoms with Crippen LogP contribution in [0.4, 0.5) is 0 Å². The highest BCUT2D eigenvalue weighted by atomic mass is 32.1. The average Bonchev–Trinajstić information content (AvgIpc) is 2.49. The van der Waals surface area contributed by atoms with Crippen LogP contribution in [0.15, 0.2) is 0 Å². The third-order valence-corrected chi connectivity index (χ3v) is 4.81. The standard InChI is InChI=1S/C15H22N2O2S/c1-18-13(10-5-3-2-4-6-10)14-16-12-7-8-19-9-11(12)15(20)17-14/h10,13H,2-9H2,1H3,(H,16,17,20). The van der Waals surface area contributed by atoms with Crippen LogP contribution in [0.25, 0.3) is 0 Å². The van der Waals surface area contributed by atoms with Gasteiger partial charge < -0.3 is 14.5 Å². The van der Waals surface area contributed by atoms with Crippen molar-refractivity contribution < 1.29 is 9.47 Å². The van der Waals surface area contributed by atoms with E-state index in [-0.39, 0.29) is 6.10 Å². The topological polar surface area (TPSA) is 47.1 Å². The van der Waals surface area contributed by atoms with E-state index in [0.717, 1.165) is 24.4 Å². The maximum Gasteiger partial charge on any atom is 0.137 e. The minimum atomic E-state index is 0.0464. The molecule has 0 aromatic carbocycles. The zero-order chi connectivity index (χ0) is 13.9. The van der Waals surface area contributed by atoms with Crippen molar-refractivity contribution in [2.45, 2.75) is 51.2 Å². The summed E-state index contributed by atoms with van der Waals surface area (Å²) in [6.45, 7) is 1.34. The monoisotopic (exact) mass is 294 g/mol. The number of ether oxygens (including phenoxy) is 2. The van der Waals surface area contributed by atoms with Crippen LogP contribution in [0.1, 0.15) is 55.3 Å². The molecule has 1 aromatic heterocycles. The lowest BCUT2D eigenvalue weighted by atomic mass is 9.85. The van der Waals surface area contributed by atoms with Gasteiger partial charge in [0.25, 0.3) is 0 Å². The first-order chi connectivity index (χ1) is 9.79. The lowest BCUT2D eigenvalue weighted by Gasteiger charge is -2.29. The Hall–Kier alpha value is -0.780. The predicted octanol–water partition coefficient (Wildman–Crippen LogP) is 3.48. The van der Waals surface area contributed by atoms with Crippen LogP contribution in [-0.4, -0.2) is 23.7 Å². The lowest BCUT2D eigenvalue weighted by molar-refractivity contribution is 0.0280. The molecule has 0 saturated heterocycles. The van der Waals surface area contributed by atoms with Gasteiger partial charge in [0.1, 0.15) is 16.6 Å². The van der Waals surface area contributed by atoms with Crippen LogP contribution in [0.2, 0.25) is 0 Å². The Balaban J connectivity index is 1.91. The molecular formula is C15H22N2O2S. The Morgan fingerprint density at radius 2 is 2.15 bits per heavy atom. The lowest BCUT2D eigenvalue weighted by Crippen LogP contribution is -2.22. The quantitative estimate of drug-likeness (QED) is 0.867. The molecule has 1 aromatic rings. The Bertz CT molecular complexity index is 523. The van der Waals surface area contributed by atoms with Crippen molar-refractivity contribution in [2.24, 2.45) is 5.92 Å². The second-order valence-corrected chi connectivity index (χ2v) is 6.13. The highest BCUT2D eigenvalue weighted by Gasteiger charge is 2.27. The van der Waals surface area contributed by atoms with Crippen LogP contribution in [0.5, 0.6) is 0 Å². The minimum absolute atomic E-state index is 0.0464. The molecule has 0 radical (unpaired) electrons. The number of methoxy groups -OCH3 is 1. The molecule has 1 fully saturated rings. The van der Waals surface area contributed by atoms with E-state index in [1.807, 2.05) is 0 Å². The zero-order valence-corrected chi connectivity index (χ0v) is 12.8. The van der Waals surface area contributed by atoms with Gasteiger partial charge in [-0.3, -0.25) is 0 Å². The van der Waals surface area contributed by atoms with Crippen LogP contribution < -0.4 is 0 Å². The molecule has 1 unspecified atom stereocenters. The van der Waals surface area contributed by atoms with Gasteiger partial charge in [0.15, 0.2) is 0 Å². The molecule has 1 atom stereocenters. The van der Waals surface area contributed by atoms with E-state index in [1.165, 1.54) is 37.8 Å². The number of hydrogen-bond donors (Lipinski definition) is 1. The fourth-order valence-electron chi connectivity index (χ4n) is 3.37. The summed E-state index contributed by atoms with van der Waals surface area (Å²) in [6, 6.07) is 0. The zero-order valence-electron chi connectivity index (χ0n) is 12.0. The van der Waals surface area contributed by atoms with E-state index in [4.69, 9.17) is 21.7 Å². The first-order valence-corrected chi connectivity index (χ1v) is 7.93. The van der Waals surface area contributed by atoms with E-state index >= 15 is 0 Å². The van der Waals surface area contributed by atoms with Gasteiger partial charge >= 0.3 is 0 Å². The number of aromatic nitrogens is 2. The summed E-state index contributed by atoms with van der Waals surface area (Å²) in [6.07, 6.45) is 7.31. The maximum absolute atomic E-state index is 5.75. The third kappa shape index (κ3) is 2.80. The highest BCUT2D eigenvalue weighted by Crippen LogP contribution is 2.35. The fraction of sp³-hybridized carbons (Fsp3) is 0.733. The molecule has 0 bridgehead atoms. The molecule has 1 N–H and O–H groups in total. The molecule has 0 amide bonds. The van der Waals surface area contributed by atoms with Gasteiger partial charge in [-0.2, -0.15) is 0 Å². The molecular weight excluding hydrogens is 272 g/mol. The van der Waals surface area contributed by atoms with Crippen molar-refractivity contribution in [3.05, 3.63) is 21.7 Å². The molecule has 1 aliphatic heterocycles. The van der Waals surface area contributed by atoms with E-state index < -0.39 is 0 Å². The fourth-order valence-corrected chi connectivity index (χ4v) is 3.65. The summed E-state index contributed by atoms with van der Waals surface area (Å²) in [5.74, 6) is 1.47. The number of aromatic amines is 1.